The van der Waals surface area contributed by atoms with Crippen LogP contribution in [0, 0.1) is 0 Å². The van der Waals surface area contributed by atoms with Gasteiger partial charge in [-0.1, -0.05) is 0 Å². The fraction of sp³-hybridized carbons (Fsp3) is 0.533. The highest BCUT2D eigenvalue weighted by molar-refractivity contribution is 6.00. The zero-order chi connectivity index (χ0) is 14.5. The number of hydrogen-bond acceptors (Lipinski definition) is 4. The van der Waals surface area contributed by atoms with Crippen LogP contribution in [-0.2, 0) is 0 Å². The van der Waals surface area contributed by atoms with Crippen LogP contribution in [0.2, 0.25) is 0 Å². The van der Waals surface area contributed by atoms with Gasteiger partial charge in [0.25, 0.3) is 5.91 Å². The van der Waals surface area contributed by atoms with Gasteiger partial charge < -0.3 is 20.9 Å². The van der Waals surface area contributed by atoms with E-state index in [1.165, 1.54) is 12.8 Å². The number of anilines is 2. The second-order valence-corrected chi connectivity index (χ2v) is 5.48. The maximum atomic E-state index is 12.3. The number of carbonyl (C=O) groups excluding carboxylic acids is 1. The molecular weight excluding hydrogens is 252 g/mol. The Morgan fingerprint density at radius 2 is 2.05 bits per heavy atom. The molecule has 1 heterocycles. The summed E-state index contributed by atoms with van der Waals surface area (Å²) in [5, 5.41) is 2.99. The molecule has 1 aliphatic rings. The molecule has 1 fully saturated rings. The molecule has 1 aromatic carbocycles. The number of nitrogens with two attached hydrogens (primary N) is 1. The van der Waals surface area contributed by atoms with Gasteiger partial charge in [-0.3, -0.25) is 4.79 Å². The molecule has 0 bridgehead atoms. The molecule has 0 atom stereocenters. The first-order chi connectivity index (χ1) is 9.58. The van der Waals surface area contributed by atoms with Crippen molar-refractivity contribution in [2.45, 2.75) is 12.8 Å². The number of hydrogen-bond donors (Lipinski definition) is 2. The van der Waals surface area contributed by atoms with Crippen LogP contribution < -0.4 is 16.0 Å². The number of nitrogens with one attached hydrogen (secondary N) is 1. The molecule has 2 rings (SSSR count). The van der Waals surface area contributed by atoms with E-state index in [-0.39, 0.29) is 5.91 Å². The highest BCUT2D eigenvalue weighted by atomic mass is 16.1. The smallest absolute Gasteiger partial charge is 0.253 e. The molecule has 5 heteroatoms. The van der Waals surface area contributed by atoms with Crippen LogP contribution in [0.15, 0.2) is 18.2 Å². The third-order valence-corrected chi connectivity index (χ3v) is 3.66. The Kier molecular flexibility index (Phi) is 4.84. The van der Waals surface area contributed by atoms with E-state index in [9.17, 15) is 4.79 Å². The molecule has 20 heavy (non-hydrogen) atoms. The van der Waals surface area contributed by atoms with Gasteiger partial charge in [0.05, 0.1) is 5.56 Å². The van der Waals surface area contributed by atoms with Gasteiger partial charge in [0, 0.05) is 38.6 Å². The van der Waals surface area contributed by atoms with Crippen molar-refractivity contribution in [1.29, 1.82) is 0 Å². The van der Waals surface area contributed by atoms with E-state index in [1.807, 2.05) is 31.1 Å². The predicted octanol–water partition coefficient (Wildman–Crippen LogP) is 1.16. The summed E-state index contributed by atoms with van der Waals surface area (Å²) < 4.78 is 0. The Bertz CT molecular complexity index is 467. The fourth-order valence-electron chi connectivity index (χ4n) is 2.55. The molecule has 1 aromatic rings. The third-order valence-electron chi connectivity index (χ3n) is 3.66. The van der Waals surface area contributed by atoms with Crippen molar-refractivity contribution in [2.75, 3.05) is 50.9 Å². The summed E-state index contributed by atoms with van der Waals surface area (Å²) in [6.45, 7) is 3.90. The van der Waals surface area contributed by atoms with E-state index < -0.39 is 0 Å². The predicted molar refractivity (Wildman–Crippen MR) is 83.2 cm³/mol. The molecule has 0 unspecified atom stereocenters. The van der Waals surface area contributed by atoms with Crippen LogP contribution in [0.25, 0.3) is 0 Å². The molecule has 1 amide bonds. The molecular formula is C15H24N4O. The summed E-state index contributed by atoms with van der Waals surface area (Å²) in [5.74, 6) is -0.0554. The minimum Gasteiger partial charge on any atom is -0.399 e. The largest absolute Gasteiger partial charge is 0.399 e. The lowest BCUT2D eigenvalue weighted by atomic mass is 10.1. The number of likely N-dealkylation sites (tertiary alicyclic amines) is 1. The number of benzene rings is 1. The number of carbonyl (C=O) groups is 1. The number of rotatable bonds is 5. The van der Waals surface area contributed by atoms with E-state index >= 15 is 0 Å². The second-order valence-electron chi connectivity index (χ2n) is 5.48. The van der Waals surface area contributed by atoms with Gasteiger partial charge in [0.1, 0.15) is 0 Å². The Morgan fingerprint density at radius 3 is 2.70 bits per heavy atom. The maximum absolute atomic E-state index is 12.3. The Morgan fingerprint density at radius 1 is 1.35 bits per heavy atom. The van der Waals surface area contributed by atoms with Gasteiger partial charge in [0.2, 0.25) is 0 Å². The van der Waals surface area contributed by atoms with Crippen molar-refractivity contribution in [1.82, 2.24) is 10.2 Å². The fourth-order valence-corrected chi connectivity index (χ4v) is 2.55. The molecule has 5 nitrogen and oxygen atoms in total. The van der Waals surface area contributed by atoms with E-state index in [1.54, 1.807) is 6.07 Å². The normalized spacial score (nSPS) is 15.3. The summed E-state index contributed by atoms with van der Waals surface area (Å²) in [4.78, 5) is 16.6. The van der Waals surface area contributed by atoms with Crippen molar-refractivity contribution >= 4 is 17.3 Å². The molecule has 1 saturated heterocycles. The highest BCUT2D eigenvalue weighted by Gasteiger charge is 2.15. The van der Waals surface area contributed by atoms with E-state index in [4.69, 9.17) is 5.73 Å². The number of nitrogen functional groups attached to an aromatic ring is 1. The SMILES string of the molecule is CN(C)c1ccc(N)cc1C(=O)NCCN1CCCC1. The highest BCUT2D eigenvalue weighted by Crippen LogP contribution is 2.21. The molecule has 110 valence electrons. The maximum Gasteiger partial charge on any atom is 0.253 e. The van der Waals surface area contributed by atoms with Crippen LogP contribution >= 0.6 is 0 Å². The average molecular weight is 276 g/mol. The molecule has 0 aromatic heterocycles. The van der Waals surface area contributed by atoms with Crippen LogP contribution in [0.1, 0.15) is 23.2 Å². The first-order valence-electron chi connectivity index (χ1n) is 7.15. The third kappa shape index (κ3) is 3.63. The van der Waals surface area contributed by atoms with Gasteiger partial charge in [-0.25, -0.2) is 0 Å². The Labute approximate surface area is 120 Å². The monoisotopic (exact) mass is 276 g/mol. The van der Waals surface area contributed by atoms with Gasteiger partial charge >= 0.3 is 0 Å². The number of nitrogens with zero attached hydrogens (tertiary/aromatic N) is 2. The lowest BCUT2D eigenvalue weighted by molar-refractivity contribution is 0.0950. The summed E-state index contributed by atoms with van der Waals surface area (Å²) >= 11 is 0. The van der Waals surface area contributed by atoms with Crippen LogP contribution in [0.5, 0.6) is 0 Å². The molecule has 0 saturated carbocycles. The first kappa shape index (κ1) is 14.7. The van der Waals surface area contributed by atoms with Crippen LogP contribution in [0.3, 0.4) is 0 Å². The van der Waals surface area contributed by atoms with Gasteiger partial charge in [-0.05, 0) is 44.1 Å². The molecule has 0 aliphatic carbocycles. The van der Waals surface area contributed by atoms with Crippen LogP contribution in [0.4, 0.5) is 11.4 Å². The van der Waals surface area contributed by atoms with Gasteiger partial charge in [0.15, 0.2) is 0 Å². The zero-order valence-corrected chi connectivity index (χ0v) is 12.4. The van der Waals surface area contributed by atoms with Crippen molar-refractivity contribution < 1.29 is 4.79 Å². The minimum atomic E-state index is -0.0554. The summed E-state index contributed by atoms with van der Waals surface area (Å²) in [5.41, 5.74) is 7.92. The van der Waals surface area contributed by atoms with Crippen molar-refractivity contribution in [2.24, 2.45) is 0 Å². The minimum absolute atomic E-state index is 0.0554. The molecule has 1 aliphatic heterocycles. The van der Waals surface area contributed by atoms with Crippen molar-refractivity contribution in [3.63, 3.8) is 0 Å². The molecule has 3 N–H and O–H groups in total. The molecule has 0 spiro atoms. The van der Waals surface area contributed by atoms with Gasteiger partial charge in [-0.2, -0.15) is 0 Å². The summed E-state index contributed by atoms with van der Waals surface area (Å²) in [6, 6.07) is 5.43. The lowest BCUT2D eigenvalue weighted by Crippen LogP contribution is -2.34. The van der Waals surface area contributed by atoms with Crippen molar-refractivity contribution in [3.05, 3.63) is 23.8 Å². The molecule has 0 radical (unpaired) electrons. The topological polar surface area (TPSA) is 61.6 Å². The quantitative estimate of drug-likeness (QED) is 0.792. The van der Waals surface area contributed by atoms with E-state index in [0.29, 0.717) is 17.8 Å². The summed E-state index contributed by atoms with van der Waals surface area (Å²) in [7, 11) is 3.85. The number of amides is 1. The van der Waals surface area contributed by atoms with E-state index in [2.05, 4.69) is 10.2 Å². The Hall–Kier alpha value is -1.75. The van der Waals surface area contributed by atoms with Gasteiger partial charge in [-0.15, -0.1) is 0 Å². The second kappa shape index (κ2) is 6.61. The Balaban J connectivity index is 1.95. The standard InChI is InChI=1S/C15H24N4O/c1-18(2)14-6-5-12(16)11-13(14)15(20)17-7-10-19-8-3-4-9-19/h5-6,11H,3-4,7-10,16H2,1-2H3,(H,17,20). The van der Waals surface area contributed by atoms with E-state index in [0.717, 1.165) is 25.3 Å². The summed E-state index contributed by atoms with van der Waals surface area (Å²) in [6.07, 6.45) is 2.54. The average Bonchev–Trinajstić information content (AvgIpc) is 2.91. The van der Waals surface area contributed by atoms with Crippen LogP contribution in [-0.4, -0.2) is 51.1 Å². The van der Waals surface area contributed by atoms with Crippen molar-refractivity contribution in [3.8, 4) is 0 Å². The first-order valence-corrected chi connectivity index (χ1v) is 7.15. The lowest BCUT2D eigenvalue weighted by Gasteiger charge is -2.19. The zero-order valence-electron chi connectivity index (χ0n) is 12.4.